The second-order valence-electron chi connectivity index (χ2n) is 10.2. The summed E-state index contributed by atoms with van der Waals surface area (Å²) in [7, 11) is 2.37. The summed E-state index contributed by atoms with van der Waals surface area (Å²) in [5, 5.41) is 0. The zero-order chi connectivity index (χ0) is 24.5. The van der Waals surface area contributed by atoms with Crippen LogP contribution in [0.2, 0.25) is 0 Å². The number of aromatic nitrogens is 2. The van der Waals surface area contributed by atoms with Crippen molar-refractivity contribution >= 4 is 17.3 Å². The molecule has 0 saturated carbocycles. The molecule has 1 aliphatic rings. The Balaban J connectivity index is 1.83. The van der Waals surface area contributed by atoms with Gasteiger partial charge >= 0.3 is 0 Å². The number of ether oxygens (including phenoxy) is 2. The van der Waals surface area contributed by atoms with Crippen LogP contribution in [0.4, 0.5) is 0 Å². The molecule has 0 radical (unpaired) electrons. The van der Waals surface area contributed by atoms with Gasteiger partial charge in [0.2, 0.25) is 0 Å². The van der Waals surface area contributed by atoms with Gasteiger partial charge in [-0.15, -0.1) is 4.37 Å². The first-order valence-corrected chi connectivity index (χ1v) is 15.0. The minimum Gasteiger partial charge on any atom is -0.475 e. The lowest BCUT2D eigenvalue weighted by atomic mass is 10.0. The van der Waals surface area contributed by atoms with Crippen LogP contribution in [0.1, 0.15) is 123 Å². The van der Waals surface area contributed by atoms with Crippen molar-refractivity contribution in [2.24, 2.45) is 0 Å². The number of rotatable bonds is 20. The molecule has 1 aromatic heterocycles. The molecule has 2 rings (SSSR count). The highest BCUT2D eigenvalue weighted by Crippen LogP contribution is 2.33. The van der Waals surface area contributed by atoms with Gasteiger partial charge in [-0.1, -0.05) is 90.6 Å². The van der Waals surface area contributed by atoms with E-state index in [-0.39, 0.29) is 6.23 Å². The summed E-state index contributed by atoms with van der Waals surface area (Å²) in [6.07, 6.45) is 21.9. The molecule has 1 aliphatic heterocycles. The summed E-state index contributed by atoms with van der Waals surface area (Å²) in [5.74, 6) is 0.730. The Morgan fingerprint density at radius 1 is 0.882 bits per heavy atom. The molecule has 2 unspecified atom stereocenters. The molecule has 0 saturated heterocycles. The van der Waals surface area contributed by atoms with Crippen LogP contribution in [0.25, 0.3) is 5.57 Å². The van der Waals surface area contributed by atoms with Crippen LogP contribution in [0.15, 0.2) is 6.08 Å². The third-order valence-corrected chi connectivity index (χ3v) is 7.68. The molecule has 0 bridgehead atoms. The smallest absolute Gasteiger partial charge is 0.253 e. The number of nitrogens with zero attached hydrogens (tertiary/aromatic N) is 3. The van der Waals surface area contributed by atoms with Crippen molar-refractivity contribution in [3.8, 4) is 5.88 Å². The van der Waals surface area contributed by atoms with E-state index in [1.54, 1.807) is 0 Å². The van der Waals surface area contributed by atoms with Crippen molar-refractivity contribution in [2.45, 2.75) is 123 Å². The van der Waals surface area contributed by atoms with Gasteiger partial charge in [0.25, 0.3) is 5.88 Å². The Bertz CT molecular complexity index is 678. The predicted molar refractivity (Wildman–Crippen MR) is 145 cm³/mol. The topological polar surface area (TPSA) is 44.2 Å². The Labute approximate surface area is 214 Å². The normalized spacial score (nSPS) is 19.2. The summed E-state index contributed by atoms with van der Waals surface area (Å²) < 4.78 is 22.4. The van der Waals surface area contributed by atoms with Gasteiger partial charge in [0.1, 0.15) is 12.2 Å². The molecule has 2 atom stereocenters. The highest BCUT2D eigenvalue weighted by Gasteiger charge is 2.37. The van der Waals surface area contributed by atoms with Crippen LogP contribution >= 0.6 is 11.7 Å². The number of unbranched alkanes of at least 4 members (excludes halogenated alkanes) is 11. The first-order chi connectivity index (χ1) is 16.6. The molecule has 0 aliphatic carbocycles. The predicted octanol–water partition coefficient (Wildman–Crippen LogP) is 8.01. The number of hydrogen-bond acceptors (Lipinski definition) is 5. The van der Waals surface area contributed by atoms with E-state index in [0.29, 0.717) is 0 Å². The summed E-state index contributed by atoms with van der Waals surface area (Å²) in [6.45, 7) is 10.2. The molecule has 0 N–H and O–H groups in total. The molecule has 34 heavy (non-hydrogen) atoms. The molecule has 2 heterocycles. The van der Waals surface area contributed by atoms with E-state index in [0.717, 1.165) is 61.6 Å². The number of hydrogen-bond donors (Lipinski definition) is 0. The van der Waals surface area contributed by atoms with E-state index in [2.05, 4.69) is 42.6 Å². The second kappa shape index (κ2) is 17.4. The monoisotopic (exact) mass is 494 g/mol. The van der Waals surface area contributed by atoms with E-state index >= 15 is 0 Å². The van der Waals surface area contributed by atoms with Crippen molar-refractivity contribution < 1.29 is 14.0 Å². The Morgan fingerprint density at radius 3 is 2.21 bits per heavy atom. The SMILES string of the molecule is CCCCCCCCCCCC(OCC)[N+]1(C)CCC=C(c2nsnc2OCCCCCC)C1. The number of quaternary nitrogens is 1. The van der Waals surface area contributed by atoms with E-state index in [9.17, 15) is 0 Å². The quantitative estimate of drug-likeness (QED) is 0.136. The summed E-state index contributed by atoms with van der Waals surface area (Å²) in [5.41, 5.74) is 2.24. The molecule has 196 valence electrons. The maximum atomic E-state index is 6.34. The Kier molecular flexibility index (Phi) is 15.0. The third-order valence-electron chi connectivity index (χ3n) is 7.17. The van der Waals surface area contributed by atoms with Crippen molar-refractivity contribution in [2.75, 3.05) is 33.4 Å². The molecular formula is C28H52N3O2S+. The van der Waals surface area contributed by atoms with E-state index < -0.39 is 0 Å². The van der Waals surface area contributed by atoms with E-state index in [4.69, 9.17) is 9.47 Å². The molecule has 5 nitrogen and oxygen atoms in total. The Hall–Kier alpha value is -0.980. The lowest BCUT2D eigenvalue weighted by molar-refractivity contribution is -0.949. The zero-order valence-corrected chi connectivity index (χ0v) is 23.5. The van der Waals surface area contributed by atoms with Gasteiger partial charge in [-0.05, 0) is 19.8 Å². The molecule has 0 aromatic carbocycles. The fourth-order valence-corrected chi connectivity index (χ4v) is 5.58. The fourth-order valence-electron chi connectivity index (χ4n) is 5.05. The van der Waals surface area contributed by atoms with Gasteiger partial charge in [0.05, 0.1) is 38.5 Å². The van der Waals surface area contributed by atoms with Gasteiger partial charge in [0, 0.05) is 18.4 Å². The minimum absolute atomic E-state index is 0.253. The largest absolute Gasteiger partial charge is 0.475 e. The van der Waals surface area contributed by atoms with E-state index in [1.165, 1.54) is 94.4 Å². The summed E-state index contributed by atoms with van der Waals surface area (Å²) in [6, 6.07) is 0. The number of likely N-dealkylation sites (N-methyl/N-ethyl adjacent to an activating group) is 1. The third kappa shape index (κ3) is 10.3. The van der Waals surface area contributed by atoms with Gasteiger partial charge in [-0.2, -0.15) is 4.37 Å². The standard InChI is InChI=1S/C28H52N3O2S/c1-5-8-10-12-13-14-15-16-17-21-26(32-7-3)31(4)22-19-20-25(24-31)27-28(30-34-29-27)33-23-18-11-9-6-2/h20,26H,5-19,21-24H2,1-4H3/q+1. The molecule has 6 heteroatoms. The Morgan fingerprint density at radius 2 is 1.53 bits per heavy atom. The molecule has 0 amide bonds. The van der Waals surface area contributed by atoms with Crippen LogP contribution in [0, 0.1) is 0 Å². The molecule has 0 spiro atoms. The average molecular weight is 495 g/mol. The highest BCUT2D eigenvalue weighted by atomic mass is 32.1. The van der Waals surface area contributed by atoms with Gasteiger partial charge in [0.15, 0.2) is 6.23 Å². The van der Waals surface area contributed by atoms with Gasteiger partial charge in [-0.3, -0.25) is 4.48 Å². The second-order valence-corrected chi connectivity index (χ2v) is 10.8. The lowest BCUT2D eigenvalue weighted by Gasteiger charge is -2.43. The first-order valence-electron chi connectivity index (χ1n) is 14.2. The van der Waals surface area contributed by atoms with Crippen molar-refractivity contribution in [1.29, 1.82) is 0 Å². The van der Waals surface area contributed by atoms with Crippen LogP contribution in [0.3, 0.4) is 0 Å². The van der Waals surface area contributed by atoms with Crippen molar-refractivity contribution in [3.05, 3.63) is 11.8 Å². The molecule has 1 aromatic rings. The van der Waals surface area contributed by atoms with Crippen LogP contribution in [0.5, 0.6) is 5.88 Å². The first kappa shape index (κ1) is 29.3. The summed E-state index contributed by atoms with van der Waals surface area (Å²) in [4.78, 5) is 0. The zero-order valence-electron chi connectivity index (χ0n) is 22.7. The van der Waals surface area contributed by atoms with Gasteiger partial charge < -0.3 is 9.47 Å². The minimum atomic E-state index is 0.253. The van der Waals surface area contributed by atoms with Crippen molar-refractivity contribution in [1.82, 2.24) is 8.75 Å². The fraction of sp³-hybridized carbons (Fsp3) is 0.857. The van der Waals surface area contributed by atoms with Crippen LogP contribution in [-0.4, -0.2) is 52.8 Å². The molecule has 0 fully saturated rings. The average Bonchev–Trinajstić information content (AvgIpc) is 3.31. The highest BCUT2D eigenvalue weighted by molar-refractivity contribution is 6.99. The van der Waals surface area contributed by atoms with E-state index in [1.807, 2.05) is 0 Å². The van der Waals surface area contributed by atoms with Crippen molar-refractivity contribution in [3.63, 3.8) is 0 Å². The maximum absolute atomic E-state index is 6.34. The summed E-state index contributed by atoms with van der Waals surface area (Å²) >= 11 is 1.27. The maximum Gasteiger partial charge on any atom is 0.253 e. The van der Waals surface area contributed by atoms with Crippen LogP contribution < -0.4 is 4.74 Å². The van der Waals surface area contributed by atoms with Crippen LogP contribution in [-0.2, 0) is 4.74 Å². The van der Waals surface area contributed by atoms with Gasteiger partial charge in [-0.25, -0.2) is 0 Å². The lowest BCUT2D eigenvalue weighted by Crippen LogP contribution is -2.56. The molecular weight excluding hydrogens is 442 g/mol.